The standard InChI is InChI=1S/C14H16N2O5/c1-9-4-5-11(16(20)21)7-12(9)13(17)15-6-2-3-10(8-15)14(18)19/h4-5,7,10H,2-3,6,8H2,1H3,(H,18,19). The number of hydrogen-bond donors (Lipinski definition) is 1. The Balaban J connectivity index is 2.25. The monoisotopic (exact) mass is 292 g/mol. The molecule has 7 nitrogen and oxygen atoms in total. The highest BCUT2D eigenvalue weighted by Crippen LogP contribution is 2.23. The molecule has 1 unspecified atom stereocenters. The van der Waals surface area contributed by atoms with Gasteiger partial charge in [0.2, 0.25) is 0 Å². The fraction of sp³-hybridized carbons (Fsp3) is 0.429. The summed E-state index contributed by atoms with van der Waals surface area (Å²) in [7, 11) is 0. The fourth-order valence-corrected chi connectivity index (χ4v) is 2.49. The van der Waals surface area contributed by atoms with Crippen molar-refractivity contribution in [2.75, 3.05) is 13.1 Å². The first-order valence-corrected chi connectivity index (χ1v) is 6.67. The van der Waals surface area contributed by atoms with Crippen molar-refractivity contribution < 1.29 is 19.6 Å². The molecular formula is C14H16N2O5. The SMILES string of the molecule is Cc1ccc([N+](=O)[O-])cc1C(=O)N1CCCC(C(=O)O)C1. The summed E-state index contributed by atoms with van der Waals surface area (Å²) in [6, 6.07) is 4.13. The highest BCUT2D eigenvalue weighted by molar-refractivity contribution is 5.96. The number of amides is 1. The maximum atomic E-state index is 12.5. The maximum absolute atomic E-state index is 12.5. The van der Waals surface area contributed by atoms with Crippen molar-refractivity contribution in [3.05, 3.63) is 39.4 Å². The number of hydrogen-bond acceptors (Lipinski definition) is 4. The third-order valence-corrected chi connectivity index (χ3v) is 3.72. The second-order valence-corrected chi connectivity index (χ2v) is 5.18. The molecule has 1 aliphatic heterocycles. The van der Waals surface area contributed by atoms with Crippen LogP contribution in [0.15, 0.2) is 18.2 Å². The number of aliphatic carboxylic acids is 1. The van der Waals surface area contributed by atoms with Gasteiger partial charge >= 0.3 is 5.97 Å². The minimum absolute atomic E-state index is 0.143. The van der Waals surface area contributed by atoms with Crippen molar-refractivity contribution in [1.29, 1.82) is 0 Å². The predicted octanol–water partition coefficient (Wildman–Crippen LogP) is 1.84. The summed E-state index contributed by atoms with van der Waals surface area (Å²) in [5.41, 5.74) is 0.758. The summed E-state index contributed by atoms with van der Waals surface area (Å²) in [6.45, 7) is 2.33. The minimum Gasteiger partial charge on any atom is -0.481 e. The van der Waals surface area contributed by atoms with Gasteiger partial charge in [0, 0.05) is 30.8 Å². The summed E-state index contributed by atoms with van der Waals surface area (Å²) in [5.74, 6) is -1.83. The molecule has 1 fully saturated rings. The lowest BCUT2D eigenvalue weighted by atomic mass is 9.97. The van der Waals surface area contributed by atoms with E-state index < -0.39 is 16.8 Å². The molecule has 0 aliphatic carbocycles. The van der Waals surface area contributed by atoms with Crippen molar-refractivity contribution >= 4 is 17.6 Å². The summed E-state index contributed by atoms with van der Waals surface area (Å²) in [6.07, 6.45) is 1.17. The van der Waals surface area contributed by atoms with Crippen LogP contribution in [0, 0.1) is 23.0 Å². The van der Waals surface area contributed by atoms with Crippen LogP contribution in [0.4, 0.5) is 5.69 Å². The van der Waals surface area contributed by atoms with Crippen molar-refractivity contribution in [1.82, 2.24) is 4.90 Å². The van der Waals surface area contributed by atoms with Gasteiger partial charge in [0.1, 0.15) is 0 Å². The van der Waals surface area contributed by atoms with E-state index in [1.54, 1.807) is 6.92 Å². The van der Waals surface area contributed by atoms with E-state index in [1.165, 1.54) is 23.1 Å². The highest BCUT2D eigenvalue weighted by Gasteiger charge is 2.29. The molecule has 0 radical (unpaired) electrons. The Labute approximate surface area is 121 Å². The molecule has 1 aromatic carbocycles. The maximum Gasteiger partial charge on any atom is 0.308 e. The Kier molecular flexibility index (Phi) is 4.21. The van der Waals surface area contributed by atoms with Crippen LogP contribution in [-0.2, 0) is 4.79 Å². The normalized spacial score (nSPS) is 18.3. The lowest BCUT2D eigenvalue weighted by Gasteiger charge is -2.31. The van der Waals surface area contributed by atoms with Gasteiger partial charge in [-0.05, 0) is 25.3 Å². The van der Waals surface area contributed by atoms with Crippen LogP contribution in [0.5, 0.6) is 0 Å². The van der Waals surface area contributed by atoms with Crippen LogP contribution in [0.25, 0.3) is 0 Å². The van der Waals surface area contributed by atoms with E-state index >= 15 is 0 Å². The van der Waals surface area contributed by atoms with Gasteiger partial charge in [0.25, 0.3) is 11.6 Å². The molecule has 0 spiro atoms. The Hall–Kier alpha value is -2.44. The Morgan fingerprint density at radius 2 is 2.14 bits per heavy atom. The van der Waals surface area contributed by atoms with E-state index in [9.17, 15) is 19.7 Å². The quantitative estimate of drug-likeness (QED) is 0.676. The Morgan fingerprint density at radius 1 is 1.43 bits per heavy atom. The lowest BCUT2D eigenvalue weighted by molar-refractivity contribution is -0.384. The lowest BCUT2D eigenvalue weighted by Crippen LogP contribution is -2.42. The van der Waals surface area contributed by atoms with Crippen molar-refractivity contribution in [3.8, 4) is 0 Å². The molecule has 1 atom stereocenters. The molecule has 112 valence electrons. The molecule has 1 saturated heterocycles. The van der Waals surface area contributed by atoms with E-state index in [-0.39, 0.29) is 23.7 Å². The molecule has 1 aliphatic rings. The average Bonchev–Trinajstić information content (AvgIpc) is 2.47. The molecule has 2 rings (SSSR count). The van der Waals surface area contributed by atoms with Crippen LogP contribution in [-0.4, -0.2) is 39.9 Å². The van der Waals surface area contributed by atoms with E-state index in [1.807, 2.05) is 0 Å². The van der Waals surface area contributed by atoms with Crippen LogP contribution >= 0.6 is 0 Å². The Bertz CT molecular complexity index is 599. The minimum atomic E-state index is -0.914. The van der Waals surface area contributed by atoms with Gasteiger partial charge in [-0.3, -0.25) is 19.7 Å². The number of aryl methyl sites for hydroxylation is 1. The third-order valence-electron chi connectivity index (χ3n) is 3.72. The zero-order valence-electron chi connectivity index (χ0n) is 11.6. The summed E-state index contributed by atoms with van der Waals surface area (Å²) < 4.78 is 0. The van der Waals surface area contributed by atoms with Crippen molar-refractivity contribution in [2.24, 2.45) is 5.92 Å². The van der Waals surface area contributed by atoms with E-state index in [4.69, 9.17) is 5.11 Å². The number of carbonyl (C=O) groups excluding carboxylic acids is 1. The van der Waals surface area contributed by atoms with Gasteiger partial charge < -0.3 is 10.0 Å². The van der Waals surface area contributed by atoms with Crippen LogP contribution in [0.2, 0.25) is 0 Å². The molecule has 1 aromatic rings. The summed E-state index contributed by atoms with van der Waals surface area (Å²) in [4.78, 5) is 35.2. The number of benzene rings is 1. The zero-order chi connectivity index (χ0) is 15.6. The van der Waals surface area contributed by atoms with E-state index in [0.717, 1.165) is 0 Å². The molecule has 1 heterocycles. The largest absolute Gasteiger partial charge is 0.481 e. The highest BCUT2D eigenvalue weighted by atomic mass is 16.6. The van der Waals surface area contributed by atoms with Gasteiger partial charge in [-0.1, -0.05) is 6.07 Å². The number of likely N-dealkylation sites (tertiary alicyclic amines) is 1. The number of rotatable bonds is 3. The predicted molar refractivity (Wildman–Crippen MR) is 74.1 cm³/mol. The second-order valence-electron chi connectivity index (χ2n) is 5.18. The average molecular weight is 292 g/mol. The number of nitro groups is 1. The van der Waals surface area contributed by atoms with Crippen molar-refractivity contribution in [3.63, 3.8) is 0 Å². The smallest absolute Gasteiger partial charge is 0.308 e. The molecule has 7 heteroatoms. The van der Waals surface area contributed by atoms with Gasteiger partial charge in [0.15, 0.2) is 0 Å². The van der Waals surface area contributed by atoms with Crippen molar-refractivity contribution in [2.45, 2.75) is 19.8 Å². The van der Waals surface area contributed by atoms with E-state index in [0.29, 0.717) is 24.9 Å². The van der Waals surface area contributed by atoms with Crippen LogP contribution in [0.3, 0.4) is 0 Å². The number of carbonyl (C=O) groups is 2. The number of carboxylic acid groups (broad SMARTS) is 1. The molecule has 0 saturated carbocycles. The van der Waals surface area contributed by atoms with E-state index in [2.05, 4.69) is 0 Å². The van der Waals surface area contributed by atoms with Crippen LogP contribution < -0.4 is 0 Å². The number of nitro benzene ring substituents is 1. The molecule has 21 heavy (non-hydrogen) atoms. The van der Waals surface area contributed by atoms with Crippen LogP contribution in [0.1, 0.15) is 28.8 Å². The number of carboxylic acids is 1. The first kappa shape index (κ1) is 15.0. The number of non-ortho nitro benzene ring substituents is 1. The van der Waals surface area contributed by atoms with Gasteiger partial charge in [-0.2, -0.15) is 0 Å². The first-order valence-electron chi connectivity index (χ1n) is 6.67. The molecule has 0 bridgehead atoms. The fourth-order valence-electron chi connectivity index (χ4n) is 2.49. The molecular weight excluding hydrogens is 276 g/mol. The molecule has 0 aromatic heterocycles. The number of nitrogens with zero attached hydrogens (tertiary/aromatic N) is 2. The Morgan fingerprint density at radius 3 is 2.76 bits per heavy atom. The van der Waals surface area contributed by atoms with Gasteiger partial charge in [-0.25, -0.2) is 0 Å². The summed E-state index contributed by atoms with van der Waals surface area (Å²) >= 11 is 0. The molecule has 1 amide bonds. The summed E-state index contributed by atoms with van der Waals surface area (Å²) in [5, 5.41) is 19.9. The third kappa shape index (κ3) is 3.18. The topological polar surface area (TPSA) is 101 Å². The number of piperidine rings is 1. The molecule has 1 N–H and O–H groups in total. The first-order chi connectivity index (χ1) is 9.90. The van der Waals surface area contributed by atoms with Gasteiger partial charge in [0.05, 0.1) is 10.8 Å². The zero-order valence-corrected chi connectivity index (χ0v) is 11.6. The van der Waals surface area contributed by atoms with Gasteiger partial charge in [-0.15, -0.1) is 0 Å². The second kappa shape index (κ2) is 5.90.